The van der Waals surface area contributed by atoms with E-state index in [9.17, 15) is 4.39 Å². The van der Waals surface area contributed by atoms with Gasteiger partial charge in [-0.25, -0.2) is 4.39 Å². The average molecular weight is 258 g/mol. The van der Waals surface area contributed by atoms with Crippen LogP contribution in [0, 0.1) is 0 Å². The van der Waals surface area contributed by atoms with Crippen molar-refractivity contribution in [1.29, 1.82) is 0 Å². The van der Waals surface area contributed by atoms with Gasteiger partial charge in [0.15, 0.2) is 0 Å². The number of benzene rings is 2. The molecule has 0 unspecified atom stereocenters. The van der Waals surface area contributed by atoms with Crippen LogP contribution < -0.4 is 0 Å². The third kappa shape index (κ3) is 4.30. The molecule has 0 aliphatic rings. The Morgan fingerprint density at radius 3 is 1.50 bits per heavy atom. The minimum Gasteiger partial charge on any atom is -0.216 e. The van der Waals surface area contributed by atoms with Gasteiger partial charge >= 0.3 is 0 Å². The zero-order chi connectivity index (χ0) is 11.9. The van der Waals surface area contributed by atoms with Gasteiger partial charge in [-0.2, -0.15) is 0 Å². The van der Waals surface area contributed by atoms with Gasteiger partial charge in [0.1, 0.15) is 0 Å². The Kier molecular flexibility index (Phi) is 6.09. The Labute approximate surface area is 112 Å². The molecular formula is C16H19FSi. The molecule has 0 heterocycles. The van der Waals surface area contributed by atoms with Gasteiger partial charge < -0.3 is 0 Å². The summed E-state index contributed by atoms with van der Waals surface area (Å²) in [6.07, 6.45) is 2.08. The van der Waals surface area contributed by atoms with Crippen LogP contribution in [-0.4, -0.2) is 11.0 Å². The molecular weight excluding hydrogens is 239 g/mol. The summed E-state index contributed by atoms with van der Waals surface area (Å²) in [5.74, 6) is 0. The normalized spacial score (nSPS) is 9.39. The van der Waals surface area contributed by atoms with Crippen LogP contribution in [0.3, 0.4) is 0 Å². The number of allylic oxidation sites excluding steroid dienone is 1. The summed E-state index contributed by atoms with van der Waals surface area (Å²) in [6, 6.07) is 20.0. The van der Waals surface area contributed by atoms with Crippen LogP contribution in [0.15, 0.2) is 72.6 Å². The molecule has 2 aromatic rings. The zero-order valence-corrected chi connectivity index (χ0v) is 9.64. The van der Waals surface area contributed by atoms with E-state index >= 15 is 0 Å². The highest BCUT2D eigenvalue weighted by Crippen LogP contribution is 2.14. The van der Waals surface area contributed by atoms with Crippen molar-refractivity contribution < 1.29 is 4.39 Å². The van der Waals surface area contributed by atoms with Crippen LogP contribution in [0.2, 0.25) is 0 Å². The first kappa shape index (κ1) is 14.4. The Morgan fingerprint density at radius 1 is 0.778 bits per heavy atom. The van der Waals surface area contributed by atoms with E-state index in [-0.39, 0.29) is 11.0 Å². The highest BCUT2D eigenvalue weighted by molar-refractivity contribution is 5.75. The van der Waals surface area contributed by atoms with Crippen molar-refractivity contribution in [3.05, 3.63) is 83.7 Å². The minimum absolute atomic E-state index is 0. The second-order valence-electron chi connectivity index (χ2n) is 4.09. The Hall–Kier alpha value is -1.67. The van der Waals surface area contributed by atoms with E-state index in [1.54, 1.807) is 0 Å². The highest BCUT2D eigenvalue weighted by Gasteiger charge is 2.01. The van der Waals surface area contributed by atoms with Gasteiger partial charge in [-0.05, 0) is 40.5 Å². The van der Waals surface area contributed by atoms with Crippen molar-refractivity contribution in [3.8, 4) is 0 Å². The number of hydrogen-bond donors (Lipinski definition) is 0. The van der Waals surface area contributed by atoms with Crippen LogP contribution in [0.4, 0.5) is 4.39 Å². The van der Waals surface area contributed by atoms with Gasteiger partial charge in [-0.3, -0.25) is 0 Å². The fraction of sp³-hybridized carbons (Fsp3) is 0.125. The molecule has 2 rings (SSSR count). The molecule has 0 bridgehead atoms. The lowest BCUT2D eigenvalue weighted by atomic mass is 10.00. The first-order valence-electron chi connectivity index (χ1n) is 5.74. The lowest BCUT2D eigenvalue weighted by Gasteiger charge is -2.06. The second kappa shape index (κ2) is 7.61. The van der Waals surface area contributed by atoms with E-state index < -0.39 is 0 Å². The van der Waals surface area contributed by atoms with E-state index in [0.717, 1.165) is 23.0 Å². The second-order valence-corrected chi connectivity index (χ2v) is 4.09. The van der Waals surface area contributed by atoms with Crippen LogP contribution in [0.1, 0.15) is 11.1 Å². The third-order valence-corrected chi connectivity index (χ3v) is 2.70. The van der Waals surface area contributed by atoms with Crippen molar-refractivity contribution in [3.63, 3.8) is 0 Å². The fourth-order valence-corrected chi connectivity index (χ4v) is 1.86. The maximum Gasteiger partial charge on any atom is 0.0865 e. The molecule has 2 aromatic carbocycles. The van der Waals surface area contributed by atoms with E-state index in [2.05, 4.69) is 0 Å². The Balaban J connectivity index is 0.00000162. The summed E-state index contributed by atoms with van der Waals surface area (Å²) in [4.78, 5) is 0. The summed E-state index contributed by atoms with van der Waals surface area (Å²) in [7, 11) is 0. The zero-order valence-electron chi connectivity index (χ0n) is 9.64. The van der Waals surface area contributed by atoms with Crippen molar-refractivity contribution in [2.75, 3.05) is 0 Å². The number of halogens is 1. The molecule has 0 saturated carbocycles. The predicted molar refractivity (Wildman–Crippen MR) is 80.8 cm³/mol. The fourth-order valence-electron chi connectivity index (χ4n) is 1.86. The first-order valence-corrected chi connectivity index (χ1v) is 5.74. The lowest BCUT2D eigenvalue weighted by molar-refractivity contribution is 0.698. The summed E-state index contributed by atoms with van der Waals surface area (Å²) < 4.78 is 12.9. The highest BCUT2D eigenvalue weighted by atomic mass is 28.1. The summed E-state index contributed by atoms with van der Waals surface area (Å²) in [5.41, 5.74) is 3.10. The summed E-state index contributed by atoms with van der Waals surface area (Å²) >= 11 is 0. The molecule has 0 aliphatic heterocycles. The Morgan fingerprint density at radius 2 is 1.17 bits per heavy atom. The number of rotatable bonds is 4. The average Bonchev–Trinajstić information content (AvgIpc) is 2.40. The maximum atomic E-state index is 12.9. The largest absolute Gasteiger partial charge is 0.216 e. The lowest BCUT2D eigenvalue weighted by Crippen LogP contribution is -1.94. The molecule has 2 heteroatoms. The van der Waals surface area contributed by atoms with E-state index in [1.807, 2.05) is 60.7 Å². The molecule has 0 nitrogen and oxygen atoms in total. The molecule has 0 amide bonds. The van der Waals surface area contributed by atoms with Gasteiger partial charge in [0.25, 0.3) is 0 Å². The minimum atomic E-state index is 0. The monoisotopic (exact) mass is 258 g/mol. The van der Waals surface area contributed by atoms with Gasteiger partial charge in [0.05, 0.1) is 6.33 Å². The third-order valence-electron chi connectivity index (χ3n) is 2.70. The molecule has 0 saturated heterocycles. The van der Waals surface area contributed by atoms with Crippen molar-refractivity contribution in [2.45, 2.75) is 12.8 Å². The van der Waals surface area contributed by atoms with Crippen molar-refractivity contribution in [1.82, 2.24) is 0 Å². The molecule has 0 N–H and O–H groups in total. The Bertz CT molecular complexity index is 433. The summed E-state index contributed by atoms with van der Waals surface area (Å²) in [5, 5.41) is 0. The molecule has 18 heavy (non-hydrogen) atoms. The predicted octanol–water partition coefficient (Wildman–Crippen LogP) is 2.87. The van der Waals surface area contributed by atoms with Crippen LogP contribution in [-0.2, 0) is 12.8 Å². The molecule has 0 radical (unpaired) electrons. The topological polar surface area (TPSA) is 0 Å². The van der Waals surface area contributed by atoms with Crippen LogP contribution >= 0.6 is 0 Å². The van der Waals surface area contributed by atoms with E-state index in [1.165, 1.54) is 0 Å². The van der Waals surface area contributed by atoms with Gasteiger partial charge in [-0.15, -0.1) is 0 Å². The standard InChI is InChI=1S/C16H15F.H4Si/c17-13-16(11-14-7-3-1-4-8-14)12-15-9-5-2-6-10-15;/h1-10,13H,11-12H2;1H4. The molecule has 94 valence electrons. The van der Waals surface area contributed by atoms with Gasteiger partial charge in [0, 0.05) is 0 Å². The van der Waals surface area contributed by atoms with Crippen LogP contribution in [0.25, 0.3) is 0 Å². The van der Waals surface area contributed by atoms with Crippen LogP contribution in [0.5, 0.6) is 0 Å². The van der Waals surface area contributed by atoms with Crippen molar-refractivity contribution in [2.24, 2.45) is 0 Å². The van der Waals surface area contributed by atoms with E-state index in [0.29, 0.717) is 12.8 Å². The molecule has 0 aromatic heterocycles. The molecule has 0 aliphatic carbocycles. The van der Waals surface area contributed by atoms with Gasteiger partial charge in [-0.1, -0.05) is 60.7 Å². The smallest absolute Gasteiger partial charge is 0.0865 e. The first-order chi connectivity index (χ1) is 8.38. The quantitative estimate of drug-likeness (QED) is 0.740. The molecule has 0 spiro atoms. The SMILES string of the molecule is FC=C(Cc1ccccc1)Cc1ccccc1.[SiH4]. The number of hydrogen-bond acceptors (Lipinski definition) is 0. The van der Waals surface area contributed by atoms with E-state index in [4.69, 9.17) is 0 Å². The summed E-state index contributed by atoms with van der Waals surface area (Å²) in [6.45, 7) is 0. The molecule has 0 atom stereocenters. The van der Waals surface area contributed by atoms with Crippen molar-refractivity contribution >= 4 is 11.0 Å². The van der Waals surface area contributed by atoms with Gasteiger partial charge in [0.2, 0.25) is 0 Å². The maximum absolute atomic E-state index is 12.9. The molecule has 0 fully saturated rings.